The fraction of sp³-hybridized carbons (Fsp3) is 0.312. The zero-order chi connectivity index (χ0) is 20.4. The first-order valence-electron chi connectivity index (χ1n) is 7.58. The summed E-state index contributed by atoms with van der Waals surface area (Å²) in [5, 5.41) is 11.9. The van der Waals surface area contributed by atoms with E-state index in [-0.39, 0.29) is 18.2 Å². The quantitative estimate of drug-likeness (QED) is 0.386. The molecule has 7 nitrogen and oxygen atoms in total. The number of nitrogens with one attached hydrogen (secondary N) is 1. The number of carbonyl (C=O) groups excluding carboxylic acids is 1. The highest BCUT2D eigenvalue weighted by molar-refractivity contribution is 7.98. The number of alkyl halides is 3. The Bertz CT molecular complexity index is 760. The van der Waals surface area contributed by atoms with E-state index in [9.17, 15) is 18.0 Å². The first kappa shape index (κ1) is 22.5. The van der Waals surface area contributed by atoms with Crippen LogP contribution in [0, 0.1) is 0 Å². The van der Waals surface area contributed by atoms with Crippen LogP contribution in [0.4, 0.5) is 24.8 Å². The van der Waals surface area contributed by atoms with Gasteiger partial charge in [0.15, 0.2) is 0 Å². The Labute approximate surface area is 158 Å². The van der Waals surface area contributed by atoms with Gasteiger partial charge in [0.05, 0.1) is 24.3 Å². The molecule has 1 aromatic heterocycles. The van der Waals surface area contributed by atoms with Gasteiger partial charge in [-0.05, 0) is 31.4 Å². The molecule has 0 aliphatic carbocycles. The largest absolute Gasteiger partial charge is 0.478 e. The number of aliphatic hydroxyl groups is 1. The minimum Gasteiger partial charge on any atom is -0.478 e. The summed E-state index contributed by atoms with van der Waals surface area (Å²) in [5.41, 5.74) is 5.43. The lowest BCUT2D eigenvalue weighted by atomic mass is 10.2. The molecule has 0 bridgehead atoms. The smallest absolute Gasteiger partial charge is 0.416 e. The first-order chi connectivity index (χ1) is 12.8. The van der Waals surface area contributed by atoms with E-state index in [1.165, 1.54) is 23.9 Å². The molecule has 0 saturated carbocycles. The molecule has 27 heavy (non-hydrogen) atoms. The van der Waals surface area contributed by atoms with Crippen LogP contribution in [0.3, 0.4) is 0 Å². The predicted molar refractivity (Wildman–Crippen MR) is 96.4 cm³/mol. The number of carbonyl (C=O) groups is 1. The summed E-state index contributed by atoms with van der Waals surface area (Å²) in [6.45, 7) is 2.18. The van der Waals surface area contributed by atoms with E-state index in [1.54, 1.807) is 0 Å². The molecule has 1 aromatic carbocycles. The summed E-state index contributed by atoms with van der Waals surface area (Å²) < 4.78 is 41.5. The zero-order valence-electron chi connectivity index (χ0n) is 14.6. The van der Waals surface area contributed by atoms with Gasteiger partial charge in [-0.2, -0.15) is 18.2 Å². The number of anilines is 2. The van der Waals surface area contributed by atoms with Crippen LogP contribution < -0.4 is 15.8 Å². The van der Waals surface area contributed by atoms with Gasteiger partial charge in [-0.25, -0.2) is 4.98 Å². The molecular formula is C16H19F3N4O3S. The summed E-state index contributed by atoms with van der Waals surface area (Å²) >= 11 is 1.40. The molecular weight excluding hydrogens is 385 g/mol. The number of nitrogen functional groups attached to an aromatic ring is 1. The van der Waals surface area contributed by atoms with E-state index in [4.69, 9.17) is 15.6 Å². The van der Waals surface area contributed by atoms with Gasteiger partial charge >= 0.3 is 6.18 Å². The molecule has 0 unspecified atom stereocenters. The van der Waals surface area contributed by atoms with Gasteiger partial charge in [-0.15, -0.1) is 11.8 Å². The molecule has 0 spiro atoms. The van der Waals surface area contributed by atoms with Gasteiger partial charge < -0.3 is 20.9 Å². The van der Waals surface area contributed by atoms with Crippen LogP contribution in [-0.4, -0.2) is 34.3 Å². The topological polar surface area (TPSA) is 110 Å². The fourth-order valence-corrected chi connectivity index (χ4v) is 2.46. The van der Waals surface area contributed by atoms with Gasteiger partial charge in [0.1, 0.15) is 5.03 Å². The highest BCUT2D eigenvalue weighted by Crippen LogP contribution is 2.30. The van der Waals surface area contributed by atoms with Crippen LogP contribution in [0.25, 0.3) is 0 Å². The molecule has 1 amide bonds. The molecule has 2 rings (SSSR count). The molecule has 1 heterocycles. The minimum absolute atomic E-state index is 0.129. The summed E-state index contributed by atoms with van der Waals surface area (Å²) in [6, 6.07) is 4.42. The number of aliphatic hydroxyl groups excluding tert-OH is 1. The Morgan fingerprint density at radius 2 is 2.07 bits per heavy atom. The van der Waals surface area contributed by atoms with Gasteiger partial charge in [0.2, 0.25) is 18.2 Å². The molecule has 0 atom stereocenters. The highest BCUT2D eigenvalue weighted by atomic mass is 32.2. The Balaban J connectivity index is 0.000000271. The zero-order valence-corrected chi connectivity index (χ0v) is 15.4. The third-order valence-corrected chi connectivity index (χ3v) is 3.72. The van der Waals surface area contributed by atoms with Crippen molar-refractivity contribution in [2.45, 2.75) is 24.7 Å². The van der Waals surface area contributed by atoms with Gasteiger partial charge in [0, 0.05) is 5.69 Å². The van der Waals surface area contributed by atoms with Crippen molar-refractivity contribution < 1.29 is 27.8 Å². The number of hydrogen-bond acceptors (Lipinski definition) is 7. The number of amides is 1. The standard InChI is InChI=1S/C8H6F3NO.C8H13N3O2S/c9-8(10,11)6-2-1-3-7(4-6)12-5-13;1-3-13-6-5(4-12)7(14-2)11-8(9)10-6/h1-5H,(H,12,13);12H,3-4H2,1-2H3,(H2,9,10,11). The average molecular weight is 404 g/mol. The van der Waals surface area contributed by atoms with Crippen molar-refractivity contribution in [3.05, 3.63) is 35.4 Å². The number of benzene rings is 1. The number of nitrogens with zero attached hydrogens (tertiary/aromatic N) is 2. The number of ether oxygens (including phenoxy) is 1. The third kappa shape index (κ3) is 6.94. The number of nitrogens with two attached hydrogens (primary N) is 1. The molecule has 0 aliphatic heterocycles. The Morgan fingerprint density at radius 3 is 2.59 bits per heavy atom. The maximum atomic E-state index is 12.1. The summed E-state index contributed by atoms with van der Waals surface area (Å²) in [6.07, 6.45) is -2.19. The lowest BCUT2D eigenvalue weighted by Gasteiger charge is -2.10. The number of halogens is 3. The lowest BCUT2D eigenvalue weighted by Crippen LogP contribution is -2.06. The van der Waals surface area contributed by atoms with Crippen LogP contribution in [-0.2, 0) is 17.6 Å². The molecule has 0 fully saturated rings. The van der Waals surface area contributed by atoms with E-state index in [2.05, 4.69) is 15.3 Å². The third-order valence-electron chi connectivity index (χ3n) is 3.00. The van der Waals surface area contributed by atoms with Crippen molar-refractivity contribution in [3.63, 3.8) is 0 Å². The van der Waals surface area contributed by atoms with E-state index < -0.39 is 11.7 Å². The molecule has 4 N–H and O–H groups in total. The predicted octanol–water partition coefficient (Wildman–Crippen LogP) is 2.95. The summed E-state index contributed by atoms with van der Waals surface area (Å²) in [4.78, 5) is 17.9. The fourth-order valence-electron chi connectivity index (χ4n) is 1.87. The maximum Gasteiger partial charge on any atom is 0.416 e. The number of thioether (sulfide) groups is 1. The van der Waals surface area contributed by atoms with Crippen LogP contribution in [0.1, 0.15) is 18.1 Å². The van der Waals surface area contributed by atoms with E-state index >= 15 is 0 Å². The van der Waals surface area contributed by atoms with Crippen molar-refractivity contribution in [1.82, 2.24) is 9.97 Å². The maximum absolute atomic E-state index is 12.1. The lowest BCUT2D eigenvalue weighted by molar-refractivity contribution is -0.137. The molecule has 11 heteroatoms. The van der Waals surface area contributed by atoms with Crippen molar-refractivity contribution >= 4 is 29.8 Å². The minimum atomic E-state index is -4.37. The van der Waals surface area contributed by atoms with Crippen LogP contribution in [0.2, 0.25) is 0 Å². The second kappa shape index (κ2) is 10.6. The van der Waals surface area contributed by atoms with Crippen LogP contribution >= 0.6 is 11.8 Å². The SMILES string of the molecule is CCOc1nc(N)nc(SC)c1CO.O=CNc1cccc(C(F)(F)F)c1. The van der Waals surface area contributed by atoms with Crippen molar-refractivity contribution in [2.75, 3.05) is 23.9 Å². The normalized spacial score (nSPS) is 10.6. The molecule has 0 radical (unpaired) electrons. The second-order valence-corrected chi connectivity index (χ2v) is 5.60. The Hall–Kier alpha value is -2.53. The van der Waals surface area contributed by atoms with Gasteiger partial charge in [-0.3, -0.25) is 4.79 Å². The molecule has 0 saturated heterocycles. The first-order valence-corrected chi connectivity index (χ1v) is 8.80. The number of rotatable bonds is 6. The van der Waals surface area contributed by atoms with Gasteiger partial charge in [-0.1, -0.05) is 6.07 Å². The van der Waals surface area contributed by atoms with Crippen LogP contribution in [0.15, 0.2) is 29.3 Å². The summed E-state index contributed by atoms with van der Waals surface area (Å²) in [5.74, 6) is 0.529. The van der Waals surface area contributed by atoms with E-state index in [0.29, 0.717) is 29.5 Å². The van der Waals surface area contributed by atoms with Crippen molar-refractivity contribution in [2.24, 2.45) is 0 Å². The second-order valence-electron chi connectivity index (χ2n) is 4.81. The number of hydrogen-bond donors (Lipinski definition) is 3. The molecule has 148 valence electrons. The molecule has 2 aromatic rings. The average Bonchev–Trinajstić information content (AvgIpc) is 2.62. The number of aromatic nitrogens is 2. The van der Waals surface area contributed by atoms with E-state index in [1.807, 2.05) is 13.2 Å². The van der Waals surface area contributed by atoms with E-state index in [0.717, 1.165) is 12.1 Å². The summed E-state index contributed by atoms with van der Waals surface area (Å²) in [7, 11) is 0. The van der Waals surface area contributed by atoms with Crippen molar-refractivity contribution in [3.8, 4) is 5.88 Å². The monoisotopic (exact) mass is 404 g/mol. The molecule has 0 aliphatic rings. The van der Waals surface area contributed by atoms with Crippen molar-refractivity contribution in [1.29, 1.82) is 0 Å². The Kier molecular flexibility index (Phi) is 8.82. The Morgan fingerprint density at radius 1 is 1.37 bits per heavy atom. The highest BCUT2D eigenvalue weighted by Gasteiger charge is 2.30. The van der Waals surface area contributed by atoms with Gasteiger partial charge in [0.25, 0.3) is 0 Å². The van der Waals surface area contributed by atoms with Crippen LogP contribution in [0.5, 0.6) is 5.88 Å².